The molecule has 1 saturated heterocycles. The van der Waals surface area contributed by atoms with Crippen LogP contribution in [0.4, 0.5) is 0 Å². The first-order valence-corrected chi connectivity index (χ1v) is 5.87. The quantitative estimate of drug-likeness (QED) is 0.605. The Kier molecular flexibility index (Phi) is 2.39. The molecule has 13 heavy (non-hydrogen) atoms. The monoisotopic (exact) mass is 181 g/mol. The zero-order chi connectivity index (χ0) is 9.36. The largest absolute Gasteiger partial charge is 0.311 e. The van der Waals surface area contributed by atoms with Gasteiger partial charge in [0.2, 0.25) is 0 Å². The smallest absolute Gasteiger partial charge is 0.0181 e. The Morgan fingerprint density at radius 2 is 1.54 bits per heavy atom. The second-order valence-electron chi connectivity index (χ2n) is 5.83. The standard InChI is InChI=1S/C12H23N/c1-11(2)6-8-12(9-7-11)5-3-4-10-13-12/h13H,3-10H2,1-2H3. The third-order valence-corrected chi connectivity index (χ3v) is 4.14. The zero-order valence-corrected chi connectivity index (χ0v) is 9.16. The Morgan fingerprint density at radius 1 is 0.846 bits per heavy atom. The van der Waals surface area contributed by atoms with Crippen LogP contribution < -0.4 is 5.32 Å². The van der Waals surface area contributed by atoms with Gasteiger partial charge in [0.05, 0.1) is 0 Å². The van der Waals surface area contributed by atoms with Crippen molar-refractivity contribution in [2.45, 2.75) is 64.3 Å². The van der Waals surface area contributed by atoms with Gasteiger partial charge in [0.25, 0.3) is 0 Å². The first-order chi connectivity index (χ1) is 6.12. The molecule has 1 spiro atoms. The average molecular weight is 181 g/mol. The average Bonchev–Trinajstić information content (AvgIpc) is 2.13. The van der Waals surface area contributed by atoms with E-state index < -0.39 is 0 Å². The molecule has 1 heteroatoms. The summed E-state index contributed by atoms with van der Waals surface area (Å²) in [5.41, 5.74) is 1.18. The maximum atomic E-state index is 3.77. The summed E-state index contributed by atoms with van der Waals surface area (Å²) in [6.45, 7) is 6.10. The molecule has 1 N–H and O–H groups in total. The van der Waals surface area contributed by atoms with Crippen molar-refractivity contribution in [3.63, 3.8) is 0 Å². The molecule has 1 saturated carbocycles. The van der Waals surface area contributed by atoms with Crippen molar-refractivity contribution in [1.29, 1.82) is 0 Å². The molecule has 0 atom stereocenters. The molecule has 0 radical (unpaired) electrons. The van der Waals surface area contributed by atoms with E-state index in [1.807, 2.05) is 0 Å². The summed E-state index contributed by atoms with van der Waals surface area (Å²) >= 11 is 0. The Labute approximate surface area is 82.3 Å². The molecular formula is C12H23N. The van der Waals surface area contributed by atoms with Crippen LogP contribution in [0.2, 0.25) is 0 Å². The molecular weight excluding hydrogens is 158 g/mol. The Balaban J connectivity index is 1.95. The SMILES string of the molecule is CC1(C)CCC2(CCCCN2)CC1. The van der Waals surface area contributed by atoms with Crippen molar-refractivity contribution >= 4 is 0 Å². The van der Waals surface area contributed by atoms with Gasteiger partial charge in [0, 0.05) is 5.54 Å². The molecule has 1 aliphatic carbocycles. The minimum Gasteiger partial charge on any atom is -0.311 e. The number of nitrogens with one attached hydrogen (secondary N) is 1. The highest BCUT2D eigenvalue weighted by molar-refractivity contribution is 4.96. The van der Waals surface area contributed by atoms with Gasteiger partial charge in [0.15, 0.2) is 0 Å². The van der Waals surface area contributed by atoms with Crippen LogP contribution in [0.3, 0.4) is 0 Å². The van der Waals surface area contributed by atoms with E-state index in [4.69, 9.17) is 0 Å². The van der Waals surface area contributed by atoms with Crippen LogP contribution in [0.1, 0.15) is 58.8 Å². The lowest BCUT2D eigenvalue weighted by molar-refractivity contribution is 0.111. The van der Waals surface area contributed by atoms with Crippen molar-refractivity contribution in [2.75, 3.05) is 6.54 Å². The Morgan fingerprint density at radius 3 is 2.08 bits per heavy atom. The fraction of sp³-hybridized carbons (Fsp3) is 1.00. The lowest BCUT2D eigenvalue weighted by Gasteiger charge is -2.46. The molecule has 1 nitrogen and oxygen atoms in total. The van der Waals surface area contributed by atoms with Crippen LogP contribution in [-0.4, -0.2) is 12.1 Å². The highest BCUT2D eigenvalue weighted by Crippen LogP contribution is 2.43. The van der Waals surface area contributed by atoms with Gasteiger partial charge in [0.1, 0.15) is 0 Å². The van der Waals surface area contributed by atoms with E-state index in [9.17, 15) is 0 Å². The predicted molar refractivity (Wildman–Crippen MR) is 56.8 cm³/mol. The molecule has 2 aliphatic rings. The van der Waals surface area contributed by atoms with E-state index in [1.165, 1.54) is 51.5 Å². The van der Waals surface area contributed by atoms with Gasteiger partial charge in [-0.3, -0.25) is 0 Å². The summed E-state index contributed by atoms with van der Waals surface area (Å²) in [5.74, 6) is 0. The van der Waals surface area contributed by atoms with E-state index in [0.717, 1.165) is 0 Å². The molecule has 76 valence electrons. The molecule has 0 unspecified atom stereocenters. The molecule has 0 amide bonds. The fourth-order valence-electron chi connectivity index (χ4n) is 2.86. The van der Waals surface area contributed by atoms with Gasteiger partial charge in [-0.25, -0.2) is 0 Å². The van der Waals surface area contributed by atoms with Crippen molar-refractivity contribution in [3.8, 4) is 0 Å². The maximum absolute atomic E-state index is 3.77. The molecule has 1 aliphatic heterocycles. The molecule has 0 aromatic rings. The first kappa shape index (κ1) is 9.51. The molecule has 0 aromatic heterocycles. The summed E-state index contributed by atoms with van der Waals surface area (Å²) in [7, 11) is 0. The second kappa shape index (κ2) is 3.27. The van der Waals surface area contributed by atoms with Crippen LogP contribution in [0.5, 0.6) is 0 Å². The highest BCUT2D eigenvalue weighted by atomic mass is 15.0. The van der Waals surface area contributed by atoms with Crippen LogP contribution in [0.25, 0.3) is 0 Å². The van der Waals surface area contributed by atoms with Gasteiger partial charge >= 0.3 is 0 Å². The van der Waals surface area contributed by atoms with Crippen molar-refractivity contribution in [1.82, 2.24) is 5.32 Å². The van der Waals surface area contributed by atoms with E-state index in [1.54, 1.807) is 0 Å². The number of hydrogen-bond donors (Lipinski definition) is 1. The summed E-state index contributed by atoms with van der Waals surface area (Å²) in [4.78, 5) is 0. The normalized spacial score (nSPS) is 31.8. The van der Waals surface area contributed by atoms with Crippen molar-refractivity contribution in [2.24, 2.45) is 5.41 Å². The third-order valence-electron chi connectivity index (χ3n) is 4.14. The second-order valence-corrected chi connectivity index (χ2v) is 5.83. The van der Waals surface area contributed by atoms with E-state index >= 15 is 0 Å². The lowest BCUT2D eigenvalue weighted by atomic mass is 9.67. The molecule has 0 bridgehead atoms. The molecule has 0 aromatic carbocycles. The topological polar surface area (TPSA) is 12.0 Å². The molecule has 1 heterocycles. The summed E-state index contributed by atoms with van der Waals surface area (Å²) in [6, 6.07) is 0. The number of hydrogen-bond acceptors (Lipinski definition) is 1. The van der Waals surface area contributed by atoms with E-state index in [-0.39, 0.29) is 0 Å². The van der Waals surface area contributed by atoms with Crippen LogP contribution in [0.15, 0.2) is 0 Å². The third kappa shape index (κ3) is 2.07. The molecule has 2 fully saturated rings. The van der Waals surface area contributed by atoms with Crippen LogP contribution in [-0.2, 0) is 0 Å². The Hall–Kier alpha value is -0.0400. The summed E-state index contributed by atoms with van der Waals surface area (Å²) < 4.78 is 0. The minimum absolute atomic E-state index is 0.563. The van der Waals surface area contributed by atoms with Gasteiger partial charge < -0.3 is 5.32 Å². The maximum Gasteiger partial charge on any atom is 0.0181 e. The lowest BCUT2D eigenvalue weighted by Crippen LogP contribution is -2.51. The zero-order valence-electron chi connectivity index (χ0n) is 9.16. The summed E-state index contributed by atoms with van der Waals surface area (Å²) in [5, 5.41) is 3.77. The first-order valence-electron chi connectivity index (χ1n) is 5.87. The summed E-state index contributed by atoms with van der Waals surface area (Å²) in [6.07, 6.45) is 9.95. The number of rotatable bonds is 0. The molecule has 2 rings (SSSR count). The van der Waals surface area contributed by atoms with Gasteiger partial charge in [-0.15, -0.1) is 0 Å². The van der Waals surface area contributed by atoms with Crippen LogP contribution >= 0.6 is 0 Å². The minimum atomic E-state index is 0.563. The van der Waals surface area contributed by atoms with E-state index in [2.05, 4.69) is 19.2 Å². The van der Waals surface area contributed by atoms with Gasteiger partial charge in [-0.05, 0) is 50.5 Å². The van der Waals surface area contributed by atoms with Gasteiger partial charge in [-0.1, -0.05) is 20.3 Å². The highest BCUT2D eigenvalue weighted by Gasteiger charge is 2.38. The number of piperidine rings is 1. The van der Waals surface area contributed by atoms with Gasteiger partial charge in [-0.2, -0.15) is 0 Å². The van der Waals surface area contributed by atoms with Crippen molar-refractivity contribution in [3.05, 3.63) is 0 Å². The van der Waals surface area contributed by atoms with Crippen LogP contribution in [0, 0.1) is 5.41 Å². The Bertz CT molecular complexity index is 166. The fourth-order valence-corrected chi connectivity index (χ4v) is 2.86. The van der Waals surface area contributed by atoms with Crippen molar-refractivity contribution < 1.29 is 0 Å². The predicted octanol–water partition coefficient (Wildman–Crippen LogP) is 3.10. The van der Waals surface area contributed by atoms with E-state index in [0.29, 0.717) is 11.0 Å².